The lowest BCUT2D eigenvalue weighted by molar-refractivity contribution is -0.149. The molecule has 1 amide bonds. The number of ether oxygens (including phenoxy) is 2. The topological polar surface area (TPSA) is 81.7 Å². The monoisotopic (exact) mass is 335 g/mol. The number of carbonyl (C=O) groups is 3. The van der Waals surface area contributed by atoms with E-state index in [0.717, 1.165) is 11.8 Å². The second-order valence-electron chi connectivity index (χ2n) is 5.86. The minimum absolute atomic E-state index is 0.0167. The molecule has 1 N–H and O–H groups in total. The smallest absolute Gasteiger partial charge is 0.408 e. The number of carbonyl (C=O) groups excluding carboxylic acids is 3. The van der Waals surface area contributed by atoms with Crippen LogP contribution in [0.4, 0.5) is 4.79 Å². The fourth-order valence-corrected chi connectivity index (χ4v) is 1.92. The van der Waals surface area contributed by atoms with Crippen molar-refractivity contribution in [3.05, 3.63) is 35.9 Å². The fraction of sp³-hybridized carbons (Fsp3) is 0.500. The molecule has 6 heteroatoms. The SMILES string of the molecule is CCC(C=O)COC(=O)[C@@H](NC(=O)OCc1ccccc1)C(C)C. The van der Waals surface area contributed by atoms with E-state index in [4.69, 9.17) is 9.47 Å². The highest BCUT2D eigenvalue weighted by Crippen LogP contribution is 2.08. The Morgan fingerprint density at radius 3 is 2.38 bits per heavy atom. The Labute approximate surface area is 142 Å². The van der Waals surface area contributed by atoms with Gasteiger partial charge in [-0.2, -0.15) is 0 Å². The molecular weight excluding hydrogens is 310 g/mol. The van der Waals surface area contributed by atoms with Gasteiger partial charge in [-0.1, -0.05) is 51.1 Å². The van der Waals surface area contributed by atoms with Crippen molar-refractivity contribution in [2.75, 3.05) is 6.61 Å². The lowest BCUT2D eigenvalue weighted by atomic mass is 10.0. The van der Waals surface area contributed by atoms with E-state index in [9.17, 15) is 14.4 Å². The van der Waals surface area contributed by atoms with Crippen LogP contribution in [0.1, 0.15) is 32.8 Å². The molecule has 1 unspecified atom stereocenters. The Morgan fingerprint density at radius 2 is 1.83 bits per heavy atom. The molecule has 6 nitrogen and oxygen atoms in total. The van der Waals surface area contributed by atoms with Crippen LogP contribution in [0, 0.1) is 11.8 Å². The van der Waals surface area contributed by atoms with Gasteiger partial charge in [0.1, 0.15) is 25.5 Å². The number of aldehydes is 1. The highest BCUT2D eigenvalue weighted by atomic mass is 16.6. The van der Waals surface area contributed by atoms with Crippen LogP contribution in [0.25, 0.3) is 0 Å². The van der Waals surface area contributed by atoms with Crippen molar-refractivity contribution in [3.63, 3.8) is 0 Å². The van der Waals surface area contributed by atoms with Crippen LogP contribution >= 0.6 is 0 Å². The predicted molar refractivity (Wildman–Crippen MR) is 89.2 cm³/mol. The maximum absolute atomic E-state index is 12.1. The second kappa shape index (κ2) is 10.4. The first-order valence-corrected chi connectivity index (χ1v) is 8.07. The van der Waals surface area contributed by atoms with Crippen molar-refractivity contribution < 1.29 is 23.9 Å². The van der Waals surface area contributed by atoms with E-state index in [1.54, 1.807) is 13.8 Å². The van der Waals surface area contributed by atoms with Crippen LogP contribution in [0.5, 0.6) is 0 Å². The summed E-state index contributed by atoms with van der Waals surface area (Å²) in [5.74, 6) is -1.06. The average molecular weight is 335 g/mol. The van der Waals surface area contributed by atoms with E-state index in [-0.39, 0.29) is 25.0 Å². The standard InChI is InChI=1S/C18H25NO5/c1-4-14(10-20)11-23-17(21)16(13(2)3)19-18(22)24-12-15-8-6-5-7-9-15/h5-10,13-14,16H,4,11-12H2,1-3H3,(H,19,22)/t14?,16-/m0/s1. The van der Waals surface area contributed by atoms with Gasteiger partial charge < -0.3 is 19.6 Å². The van der Waals surface area contributed by atoms with Crippen molar-refractivity contribution in [3.8, 4) is 0 Å². The molecule has 1 rings (SSSR count). The van der Waals surface area contributed by atoms with Gasteiger partial charge in [0.25, 0.3) is 0 Å². The molecule has 0 aliphatic heterocycles. The van der Waals surface area contributed by atoms with Gasteiger partial charge in [-0.05, 0) is 17.9 Å². The van der Waals surface area contributed by atoms with Crippen molar-refractivity contribution in [1.29, 1.82) is 0 Å². The number of benzene rings is 1. The van der Waals surface area contributed by atoms with Gasteiger partial charge in [0.2, 0.25) is 0 Å². The Bertz CT molecular complexity index is 529. The van der Waals surface area contributed by atoms with Crippen molar-refractivity contribution >= 4 is 18.3 Å². The maximum atomic E-state index is 12.1. The number of alkyl carbamates (subject to hydrolysis) is 1. The number of hydrogen-bond donors (Lipinski definition) is 1. The van der Waals surface area contributed by atoms with Crippen LogP contribution in [0.2, 0.25) is 0 Å². The van der Waals surface area contributed by atoms with Crippen molar-refractivity contribution in [1.82, 2.24) is 5.32 Å². The largest absolute Gasteiger partial charge is 0.463 e. The number of amides is 1. The third-order valence-corrected chi connectivity index (χ3v) is 3.56. The molecule has 1 aromatic carbocycles. The number of esters is 1. The molecular formula is C18H25NO5. The van der Waals surface area contributed by atoms with Gasteiger partial charge in [-0.3, -0.25) is 0 Å². The van der Waals surface area contributed by atoms with Crippen molar-refractivity contribution in [2.45, 2.75) is 39.8 Å². The predicted octanol–water partition coefficient (Wildman–Crippen LogP) is 2.71. The Balaban J connectivity index is 2.50. The Kier molecular flexibility index (Phi) is 8.54. The molecule has 0 fully saturated rings. The van der Waals surface area contributed by atoms with Gasteiger partial charge in [0.15, 0.2) is 0 Å². The molecule has 0 bridgehead atoms. The Morgan fingerprint density at radius 1 is 1.17 bits per heavy atom. The third-order valence-electron chi connectivity index (χ3n) is 3.56. The molecule has 24 heavy (non-hydrogen) atoms. The van der Waals surface area contributed by atoms with E-state index in [1.807, 2.05) is 37.3 Å². The van der Waals surface area contributed by atoms with E-state index >= 15 is 0 Å². The quantitative estimate of drug-likeness (QED) is 0.554. The zero-order chi connectivity index (χ0) is 17.9. The number of hydrogen-bond acceptors (Lipinski definition) is 5. The van der Waals surface area contributed by atoms with Gasteiger partial charge in [0.05, 0.1) is 0 Å². The lowest BCUT2D eigenvalue weighted by Gasteiger charge is -2.21. The molecule has 0 saturated heterocycles. The van der Waals surface area contributed by atoms with Gasteiger partial charge in [-0.15, -0.1) is 0 Å². The van der Waals surface area contributed by atoms with E-state index in [2.05, 4.69) is 5.32 Å². The summed E-state index contributed by atoms with van der Waals surface area (Å²) in [6, 6.07) is 8.43. The number of rotatable bonds is 9. The molecule has 0 spiro atoms. The van der Waals surface area contributed by atoms with E-state index in [0.29, 0.717) is 6.42 Å². The maximum Gasteiger partial charge on any atom is 0.408 e. The third kappa shape index (κ3) is 6.81. The molecule has 1 aromatic rings. The molecule has 0 aromatic heterocycles. The molecule has 132 valence electrons. The Hall–Kier alpha value is -2.37. The zero-order valence-corrected chi connectivity index (χ0v) is 14.4. The molecule has 0 saturated carbocycles. The van der Waals surface area contributed by atoms with Crippen LogP contribution in [0.3, 0.4) is 0 Å². The zero-order valence-electron chi connectivity index (χ0n) is 14.4. The summed E-state index contributed by atoms with van der Waals surface area (Å²) < 4.78 is 10.2. The minimum Gasteiger partial charge on any atom is -0.463 e. The van der Waals surface area contributed by atoms with Crippen LogP contribution in [0.15, 0.2) is 30.3 Å². The van der Waals surface area contributed by atoms with E-state index in [1.165, 1.54) is 0 Å². The minimum atomic E-state index is -0.822. The summed E-state index contributed by atoms with van der Waals surface area (Å²) in [6.07, 6.45) is 0.673. The van der Waals surface area contributed by atoms with Crippen LogP contribution < -0.4 is 5.32 Å². The lowest BCUT2D eigenvalue weighted by Crippen LogP contribution is -2.45. The highest BCUT2D eigenvalue weighted by Gasteiger charge is 2.27. The number of nitrogens with one attached hydrogen (secondary N) is 1. The summed E-state index contributed by atoms with van der Waals surface area (Å²) in [6.45, 7) is 5.56. The van der Waals surface area contributed by atoms with Gasteiger partial charge >= 0.3 is 12.1 Å². The second-order valence-corrected chi connectivity index (χ2v) is 5.86. The van der Waals surface area contributed by atoms with E-state index < -0.39 is 18.1 Å². The normalized spacial score (nSPS) is 13.0. The first-order chi connectivity index (χ1) is 11.5. The summed E-state index contributed by atoms with van der Waals surface area (Å²) >= 11 is 0. The van der Waals surface area contributed by atoms with Gasteiger partial charge in [-0.25, -0.2) is 9.59 Å². The van der Waals surface area contributed by atoms with Crippen LogP contribution in [-0.2, 0) is 25.7 Å². The first-order valence-electron chi connectivity index (χ1n) is 8.07. The fourth-order valence-electron chi connectivity index (χ4n) is 1.92. The molecule has 0 aliphatic rings. The summed E-state index contributed by atoms with van der Waals surface area (Å²) in [7, 11) is 0. The van der Waals surface area contributed by atoms with Crippen molar-refractivity contribution in [2.24, 2.45) is 11.8 Å². The summed E-state index contributed by atoms with van der Waals surface area (Å²) in [5, 5.41) is 2.52. The highest BCUT2D eigenvalue weighted by molar-refractivity contribution is 5.81. The summed E-state index contributed by atoms with van der Waals surface area (Å²) in [5.41, 5.74) is 0.855. The molecule has 0 heterocycles. The first kappa shape index (κ1) is 19.7. The average Bonchev–Trinajstić information content (AvgIpc) is 2.59. The van der Waals surface area contributed by atoms with Gasteiger partial charge in [0, 0.05) is 5.92 Å². The molecule has 2 atom stereocenters. The van der Waals surface area contributed by atoms with Crippen LogP contribution in [-0.4, -0.2) is 31.0 Å². The molecule has 0 aliphatic carbocycles. The molecule has 0 radical (unpaired) electrons. The summed E-state index contributed by atoms with van der Waals surface area (Å²) in [4.78, 5) is 34.8.